The maximum Gasteiger partial charge on any atom is 0.224 e. The Morgan fingerprint density at radius 3 is 2.88 bits per heavy atom. The van der Waals surface area contributed by atoms with Crippen LogP contribution >= 0.6 is 12.2 Å². The fourth-order valence-corrected chi connectivity index (χ4v) is 2.20. The number of aryl methyl sites for hydroxylation is 1. The molecule has 4 nitrogen and oxygen atoms in total. The maximum absolute atomic E-state index is 5.85. The van der Waals surface area contributed by atoms with Crippen LogP contribution in [0.25, 0.3) is 0 Å². The molecule has 0 aliphatic carbocycles. The summed E-state index contributed by atoms with van der Waals surface area (Å²) >= 11 is 5.09. The van der Waals surface area contributed by atoms with Crippen molar-refractivity contribution in [3.63, 3.8) is 0 Å². The predicted octanol–water partition coefficient (Wildman–Crippen LogP) is 1.64. The fraction of sp³-hybridized carbons (Fsp3) is 0.158. The number of hydrogen-bond acceptors (Lipinski definition) is 2. The highest BCUT2D eigenvalue weighted by Crippen LogP contribution is 2.14. The van der Waals surface area contributed by atoms with Crippen molar-refractivity contribution in [1.82, 2.24) is 10.7 Å². The summed E-state index contributed by atoms with van der Waals surface area (Å²) in [5.74, 6) is 0.819. The standard InChI is InChI=1S/C19H21N3OS/c1-3-10-20-19(24)22-21-13-16-7-5-9-18(12-16)23-14-17-8-4-6-15(2)11-17/h3-9,11-13H,1,10,14H2,2H3,(H2,20,22,24)/p+1. The molecular weight excluding hydrogens is 318 g/mol. The van der Waals surface area contributed by atoms with Gasteiger partial charge >= 0.3 is 0 Å². The molecule has 0 aliphatic heterocycles. The number of hydrazone groups is 1. The van der Waals surface area contributed by atoms with Crippen LogP contribution in [-0.4, -0.2) is 17.9 Å². The monoisotopic (exact) mass is 340 g/mol. The average molecular weight is 340 g/mol. The Morgan fingerprint density at radius 1 is 1.25 bits per heavy atom. The van der Waals surface area contributed by atoms with Gasteiger partial charge in [0.2, 0.25) is 5.11 Å². The van der Waals surface area contributed by atoms with E-state index in [0.717, 1.165) is 16.9 Å². The van der Waals surface area contributed by atoms with Gasteiger partial charge in [0.25, 0.3) is 0 Å². The van der Waals surface area contributed by atoms with Crippen LogP contribution in [0.4, 0.5) is 0 Å². The Hall–Kier alpha value is -2.66. The van der Waals surface area contributed by atoms with E-state index in [1.807, 2.05) is 36.5 Å². The van der Waals surface area contributed by atoms with Crippen LogP contribution < -0.4 is 20.6 Å². The SMILES string of the molecule is C=CCNC(=S)N[NH+]=Cc1cccc(OCc2cccc(C)c2)c1. The van der Waals surface area contributed by atoms with Crippen LogP contribution in [0.3, 0.4) is 0 Å². The average Bonchev–Trinajstić information content (AvgIpc) is 2.59. The van der Waals surface area contributed by atoms with Crippen molar-refractivity contribution in [2.45, 2.75) is 13.5 Å². The van der Waals surface area contributed by atoms with Gasteiger partial charge < -0.3 is 10.1 Å². The van der Waals surface area contributed by atoms with Crippen LogP contribution in [0.5, 0.6) is 5.75 Å². The van der Waals surface area contributed by atoms with Gasteiger partial charge in [0, 0.05) is 12.1 Å². The van der Waals surface area contributed by atoms with Gasteiger partial charge in [0.05, 0.1) is 0 Å². The molecule has 0 aliphatic rings. The Balaban J connectivity index is 1.89. The Bertz CT molecular complexity index is 728. The molecule has 3 N–H and O–H groups in total. The van der Waals surface area contributed by atoms with E-state index in [9.17, 15) is 0 Å². The molecule has 0 heterocycles. The van der Waals surface area contributed by atoms with Crippen LogP contribution in [0, 0.1) is 6.92 Å². The third-order valence-electron chi connectivity index (χ3n) is 3.18. The molecule has 0 saturated heterocycles. The molecule has 0 atom stereocenters. The van der Waals surface area contributed by atoms with Gasteiger partial charge in [-0.1, -0.05) is 42.0 Å². The van der Waals surface area contributed by atoms with E-state index in [1.54, 1.807) is 6.08 Å². The number of rotatable bonds is 7. The predicted molar refractivity (Wildman–Crippen MR) is 102 cm³/mol. The van der Waals surface area contributed by atoms with Gasteiger partial charge in [-0.25, -0.2) is 0 Å². The smallest absolute Gasteiger partial charge is 0.224 e. The molecule has 0 bridgehead atoms. The van der Waals surface area contributed by atoms with Gasteiger partial charge in [-0.15, -0.1) is 17.1 Å². The zero-order valence-corrected chi connectivity index (χ0v) is 14.5. The van der Waals surface area contributed by atoms with E-state index in [-0.39, 0.29) is 0 Å². The Kier molecular flexibility index (Phi) is 6.98. The molecule has 2 aromatic rings. The van der Waals surface area contributed by atoms with Crippen molar-refractivity contribution in [2.24, 2.45) is 0 Å². The molecule has 5 heteroatoms. The lowest BCUT2D eigenvalue weighted by molar-refractivity contribution is -0.500. The number of thiocarbonyl (C=S) groups is 1. The quantitative estimate of drug-likeness (QED) is 0.310. The number of nitrogens with one attached hydrogen (secondary N) is 3. The Morgan fingerprint density at radius 2 is 2.08 bits per heavy atom. The van der Waals surface area contributed by atoms with Gasteiger partial charge in [0.15, 0.2) is 6.21 Å². The molecule has 0 radical (unpaired) electrons. The zero-order valence-electron chi connectivity index (χ0n) is 13.7. The molecule has 0 spiro atoms. The molecule has 0 saturated carbocycles. The van der Waals surface area contributed by atoms with E-state index in [4.69, 9.17) is 17.0 Å². The first-order valence-corrected chi connectivity index (χ1v) is 8.10. The summed E-state index contributed by atoms with van der Waals surface area (Å²) < 4.78 is 5.85. The minimum atomic E-state index is 0.512. The molecule has 2 aromatic carbocycles. The van der Waals surface area contributed by atoms with Gasteiger partial charge in [0.1, 0.15) is 12.4 Å². The summed E-state index contributed by atoms with van der Waals surface area (Å²) in [5.41, 5.74) is 6.24. The van der Waals surface area contributed by atoms with E-state index in [1.165, 1.54) is 5.56 Å². The van der Waals surface area contributed by atoms with E-state index >= 15 is 0 Å². The number of hydrazine groups is 1. The van der Waals surface area contributed by atoms with Crippen molar-refractivity contribution >= 4 is 23.5 Å². The first-order chi connectivity index (χ1) is 11.7. The minimum absolute atomic E-state index is 0.512. The van der Waals surface area contributed by atoms with Crippen LogP contribution in [0.1, 0.15) is 16.7 Å². The van der Waals surface area contributed by atoms with E-state index < -0.39 is 0 Å². The molecule has 0 aromatic heterocycles. The van der Waals surface area contributed by atoms with E-state index in [0.29, 0.717) is 18.3 Å². The number of benzene rings is 2. The van der Waals surface area contributed by atoms with Gasteiger partial charge in [-0.3, -0.25) is 0 Å². The van der Waals surface area contributed by atoms with Crippen molar-refractivity contribution in [2.75, 3.05) is 6.54 Å². The normalized spacial score (nSPS) is 10.4. The second-order valence-electron chi connectivity index (χ2n) is 5.26. The number of hydrogen-bond donors (Lipinski definition) is 3. The molecule has 124 valence electrons. The second kappa shape index (κ2) is 9.47. The van der Waals surface area contributed by atoms with Crippen LogP contribution in [-0.2, 0) is 6.61 Å². The summed E-state index contributed by atoms with van der Waals surface area (Å²) in [5, 5.41) is 6.43. The molecule has 24 heavy (non-hydrogen) atoms. The minimum Gasteiger partial charge on any atom is -0.489 e. The lowest BCUT2D eigenvalue weighted by atomic mass is 10.1. The number of ether oxygens (including phenoxy) is 1. The summed E-state index contributed by atoms with van der Waals surface area (Å²) in [6, 6.07) is 16.1. The maximum atomic E-state index is 5.85. The van der Waals surface area contributed by atoms with Gasteiger partial charge in [-0.2, -0.15) is 0 Å². The summed E-state index contributed by atoms with van der Waals surface area (Å²) in [7, 11) is 0. The van der Waals surface area contributed by atoms with Crippen molar-refractivity contribution in [3.8, 4) is 5.75 Å². The Labute approximate surface area is 148 Å². The van der Waals surface area contributed by atoms with Crippen LogP contribution in [0.15, 0.2) is 61.2 Å². The first-order valence-electron chi connectivity index (χ1n) is 7.69. The highest BCUT2D eigenvalue weighted by atomic mass is 32.1. The third-order valence-corrected chi connectivity index (χ3v) is 3.42. The van der Waals surface area contributed by atoms with Gasteiger partial charge in [-0.05, 0) is 42.9 Å². The third kappa shape index (κ3) is 6.22. The lowest BCUT2D eigenvalue weighted by Crippen LogP contribution is -2.82. The first kappa shape index (κ1) is 17.7. The fourth-order valence-electron chi connectivity index (χ4n) is 2.06. The molecule has 0 unspecified atom stereocenters. The molecule has 0 fully saturated rings. The van der Waals surface area contributed by atoms with Crippen molar-refractivity contribution < 1.29 is 9.84 Å². The highest BCUT2D eigenvalue weighted by molar-refractivity contribution is 7.80. The largest absolute Gasteiger partial charge is 0.489 e. The topological polar surface area (TPSA) is 47.3 Å². The second-order valence-corrected chi connectivity index (χ2v) is 5.67. The lowest BCUT2D eigenvalue weighted by Gasteiger charge is -2.07. The molecule has 0 amide bonds. The summed E-state index contributed by atoms with van der Waals surface area (Å²) in [6.45, 7) is 6.87. The summed E-state index contributed by atoms with van der Waals surface area (Å²) in [4.78, 5) is 0. The molecular formula is C19H22N3OS+. The molecule has 2 rings (SSSR count). The zero-order chi connectivity index (χ0) is 17.2. The van der Waals surface area contributed by atoms with Crippen LogP contribution in [0.2, 0.25) is 0 Å². The van der Waals surface area contributed by atoms with Crippen molar-refractivity contribution in [3.05, 3.63) is 77.9 Å². The van der Waals surface area contributed by atoms with E-state index in [2.05, 4.69) is 47.5 Å². The highest BCUT2D eigenvalue weighted by Gasteiger charge is 2.00. The summed E-state index contributed by atoms with van der Waals surface area (Å²) in [6.07, 6.45) is 3.56. The van der Waals surface area contributed by atoms with Crippen molar-refractivity contribution in [1.29, 1.82) is 0 Å².